The molecule has 0 aliphatic carbocycles. The fourth-order valence-electron chi connectivity index (χ4n) is 2.54. The van der Waals surface area contributed by atoms with Crippen molar-refractivity contribution in [3.8, 4) is 11.3 Å². The van der Waals surface area contributed by atoms with Crippen molar-refractivity contribution in [1.82, 2.24) is 0 Å². The highest BCUT2D eigenvalue weighted by Crippen LogP contribution is 2.25. The zero-order chi connectivity index (χ0) is 17.6. The molecule has 1 aromatic heterocycles. The van der Waals surface area contributed by atoms with Gasteiger partial charge in [-0.1, -0.05) is 32.9 Å². The molecule has 20 heavy (non-hydrogen) atoms. The van der Waals surface area contributed by atoms with Crippen LogP contribution in [-0.2, 0) is 13.4 Å². The topological polar surface area (TPSA) is 3.88 Å². The largest absolute Gasteiger partial charge is 0.212 e. The first-order valence-corrected chi connectivity index (χ1v) is 7.03. The van der Waals surface area contributed by atoms with Crippen LogP contribution in [-0.4, -0.2) is 0 Å². The lowest BCUT2D eigenvalue weighted by molar-refractivity contribution is -0.660. The van der Waals surface area contributed by atoms with Crippen molar-refractivity contribution >= 4 is 0 Å². The molecule has 106 valence electrons. The zero-order valence-corrected chi connectivity index (χ0v) is 13.3. The molecule has 0 spiro atoms. The molecule has 0 fully saturated rings. The fourth-order valence-corrected chi connectivity index (χ4v) is 2.54. The summed E-state index contributed by atoms with van der Waals surface area (Å²) < 4.78 is 26.1. The number of hydrogen-bond acceptors (Lipinski definition) is 0. The molecule has 1 aromatic carbocycles. The van der Waals surface area contributed by atoms with Gasteiger partial charge in [-0.25, -0.2) is 4.57 Å². The Kier molecular flexibility index (Phi) is 3.20. The molecule has 0 aliphatic heterocycles. The summed E-state index contributed by atoms with van der Waals surface area (Å²) in [5.74, 6) is -0.608. The van der Waals surface area contributed by atoms with Crippen LogP contribution in [0, 0.1) is 13.8 Å². The first-order chi connectivity index (χ1) is 10.4. The first kappa shape index (κ1) is 11.1. The number of hydrogen-bond donors (Lipinski definition) is 0. The Bertz CT molecular complexity index is 738. The lowest BCUT2D eigenvalue weighted by atomic mass is 9.95. The molecule has 0 unspecified atom stereocenters. The first-order valence-electron chi connectivity index (χ1n) is 8.53. The highest BCUT2D eigenvalue weighted by Gasteiger charge is 2.15. The minimum absolute atomic E-state index is 0.608. The lowest BCUT2D eigenvalue weighted by Gasteiger charge is -2.11. The Hall–Kier alpha value is -1.63. The van der Waals surface area contributed by atoms with Crippen LogP contribution >= 0.6 is 0 Å². The van der Waals surface area contributed by atoms with Crippen molar-refractivity contribution in [3.05, 3.63) is 52.7 Å². The minimum Gasteiger partial charge on any atom is -0.201 e. The molecule has 1 nitrogen and oxygen atoms in total. The summed E-state index contributed by atoms with van der Waals surface area (Å²) in [5, 5.41) is 0. The second kappa shape index (κ2) is 5.78. The molecule has 0 saturated heterocycles. The van der Waals surface area contributed by atoms with E-state index in [1.165, 1.54) is 0 Å². The lowest BCUT2D eigenvalue weighted by Crippen LogP contribution is -2.32. The van der Waals surface area contributed by atoms with E-state index in [9.17, 15) is 0 Å². The summed E-state index contributed by atoms with van der Waals surface area (Å²) in [5.41, 5.74) is 5.97. The standard InChI is InChI=1S/C19H26N/c1-7-16-12-20(6)19(11-14(16)4)18-9-8-17(13(2)3)10-15(18)5/h8-13H,7H2,1-6H3/q+1/i7D2,13D. The van der Waals surface area contributed by atoms with E-state index in [1.54, 1.807) is 6.92 Å². The second-order valence-electron chi connectivity index (χ2n) is 5.65. The Balaban J connectivity index is 2.58. The van der Waals surface area contributed by atoms with E-state index in [1.807, 2.05) is 50.7 Å². The number of pyridine rings is 1. The van der Waals surface area contributed by atoms with Crippen molar-refractivity contribution in [2.75, 3.05) is 0 Å². The maximum atomic E-state index is 8.17. The number of nitrogens with zero attached hydrogens (tertiary/aromatic N) is 1. The van der Waals surface area contributed by atoms with Gasteiger partial charge in [-0.05, 0) is 48.9 Å². The third-order valence-corrected chi connectivity index (χ3v) is 3.83. The summed E-state index contributed by atoms with van der Waals surface area (Å²) in [6.45, 7) is 9.39. The van der Waals surface area contributed by atoms with Crippen LogP contribution in [0.2, 0.25) is 0 Å². The molecule has 0 N–H and O–H groups in total. The SMILES string of the molecule is [2H]C([2H])(C)c1c[n+](C)c(-c2ccc(C([2H])(C)C)cc2C)cc1C. The summed E-state index contributed by atoms with van der Waals surface area (Å²) in [6, 6.07) is 8.20. The van der Waals surface area contributed by atoms with Gasteiger partial charge in [-0.3, -0.25) is 0 Å². The van der Waals surface area contributed by atoms with E-state index in [2.05, 4.69) is 19.1 Å². The monoisotopic (exact) mass is 271 g/mol. The summed E-state index contributed by atoms with van der Waals surface area (Å²) in [4.78, 5) is 0. The Morgan fingerprint density at radius 2 is 1.90 bits per heavy atom. The van der Waals surface area contributed by atoms with Crippen LogP contribution in [0.1, 0.15) is 53.0 Å². The molecule has 1 heteroatoms. The molecule has 0 amide bonds. The molecule has 2 rings (SSSR count). The van der Waals surface area contributed by atoms with Crippen molar-refractivity contribution < 1.29 is 8.68 Å². The molecule has 0 aliphatic rings. The maximum Gasteiger partial charge on any atom is 0.212 e. The third kappa shape index (κ3) is 2.77. The molecule has 0 atom stereocenters. The smallest absolute Gasteiger partial charge is 0.201 e. The minimum atomic E-state index is -1.35. The van der Waals surface area contributed by atoms with Gasteiger partial charge in [0.1, 0.15) is 7.05 Å². The number of benzene rings is 1. The molecular weight excluding hydrogens is 242 g/mol. The maximum absolute atomic E-state index is 8.17. The quantitative estimate of drug-likeness (QED) is 0.725. The van der Waals surface area contributed by atoms with Crippen LogP contribution < -0.4 is 4.57 Å². The van der Waals surface area contributed by atoms with Gasteiger partial charge in [-0.15, -0.1) is 0 Å². The Morgan fingerprint density at radius 3 is 2.45 bits per heavy atom. The average molecular weight is 271 g/mol. The van der Waals surface area contributed by atoms with Crippen LogP contribution in [0.15, 0.2) is 30.5 Å². The fraction of sp³-hybridized carbons (Fsp3) is 0.421. The Morgan fingerprint density at radius 1 is 1.20 bits per heavy atom. The van der Waals surface area contributed by atoms with Gasteiger partial charge < -0.3 is 0 Å². The molecular formula is C19H26N+. The van der Waals surface area contributed by atoms with Gasteiger partial charge >= 0.3 is 0 Å². The van der Waals surface area contributed by atoms with Crippen LogP contribution in [0.3, 0.4) is 0 Å². The van der Waals surface area contributed by atoms with Crippen LogP contribution in [0.4, 0.5) is 0 Å². The number of aromatic nitrogens is 1. The summed E-state index contributed by atoms with van der Waals surface area (Å²) in [6.07, 6.45) is 0.529. The Labute approximate surface area is 127 Å². The van der Waals surface area contributed by atoms with Crippen molar-refractivity contribution in [2.45, 2.75) is 46.9 Å². The van der Waals surface area contributed by atoms with E-state index < -0.39 is 12.3 Å². The van der Waals surface area contributed by atoms with Gasteiger partial charge in [0.25, 0.3) is 0 Å². The average Bonchev–Trinajstić information content (AvgIpc) is 2.39. The van der Waals surface area contributed by atoms with Gasteiger partial charge in [0, 0.05) is 21.3 Å². The molecule has 2 aromatic rings. The van der Waals surface area contributed by atoms with Gasteiger partial charge in [0.15, 0.2) is 6.20 Å². The van der Waals surface area contributed by atoms with Gasteiger partial charge in [0.2, 0.25) is 5.69 Å². The highest BCUT2D eigenvalue weighted by atomic mass is 14.9. The van der Waals surface area contributed by atoms with E-state index in [0.29, 0.717) is 5.56 Å². The van der Waals surface area contributed by atoms with Crippen molar-refractivity contribution in [2.24, 2.45) is 7.05 Å². The zero-order valence-electron chi connectivity index (χ0n) is 16.3. The normalized spacial score (nSPS) is 14.6. The van der Waals surface area contributed by atoms with Crippen LogP contribution in [0.5, 0.6) is 0 Å². The summed E-state index contributed by atoms with van der Waals surface area (Å²) in [7, 11) is 1.95. The van der Waals surface area contributed by atoms with E-state index >= 15 is 0 Å². The summed E-state index contributed by atoms with van der Waals surface area (Å²) >= 11 is 0. The van der Waals surface area contributed by atoms with Crippen molar-refractivity contribution in [3.63, 3.8) is 0 Å². The van der Waals surface area contributed by atoms with Gasteiger partial charge in [-0.2, -0.15) is 0 Å². The number of rotatable bonds is 3. The van der Waals surface area contributed by atoms with E-state index in [4.69, 9.17) is 4.11 Å². The third-order valence-electron chi connectivity index (χ3n) is 3.83. The second-order valence-corrected chi connectivity index (χ2v) is 5.65. The highest BCUT2D eigenvalue weighted by molar-refractivity contribution is 5.62. The van der Waals surface area contributed by atoms with Crippen molar-refractivity contribution in [1.29, 1.82) is 0 Å². The number of aryl methyl sites for hydroxylation is 4. The predicted octanol–water partition coefficient (Wildman–Crippen LogP) is 4.48. The molecule has 0 radical (unpaired) electrons. The van der Waals surface area contributed by atoms with Gasteiger partial charge in [0.05, 0.1) is 0 Å². The molecule has 1 heterocycles. The van der Waals surface area contributed by atoms with E-state index in [0.717, 1.165) is 27.9 Å². The predicted molar refractivity (Wildman–Crippen MR) is 86.0 cm³/mol. The molecule has 0 bridgehead atoms. The molecule has 0 saturated carbocycles. The van der Waals surface area contributed by atoms with E-state index in [-0.39, 0.29) is 0 Å². The van der Waals surface area contributed by atoms with Crippen LogP contribution in [0.25, 0.3) is 11.3 Å².